The number of hydrogen-bond donors (Lipinski definition) is 3. The van der Waals surface area contributed by atoms with Crippen LogP contribution in [0.2, 0.25) is 0 Å². The van der Waals surface area contributed by atoms with E-state index in [0.29, 0.717) is 11.3 Å². The van der Waals surface area contributed by atoms with Crippen molar-refractivity contribution < 1.29 is 14.7 Å². The maximum absolute atomic E-state index is 12.7. The quantitative estimate of drug-likeness (QED) is 0.670. The van der Waals surface area contributed by atoms with Crippen LogP contribution in [0, 0.1) is 0 Å². The Kier molecular flexibility index (Phi) is 4.14. The van der Waals surface area contributed by atoms with E-state index in [1.165, 1.54) is 4.90 Å². The van der Waals surface area contributed by atoms with E-state index in [0.717, 1.165) is 10.9 Å². The highest BCUT2D eigenvalue weighted by Crippen LogP contribution is 2.23. The molecular weight excluding hydrogens is 332 g/mol. The molecule has 1 fully saturated rings. The molecule has 1 aliphatic rings. The monoisotopic (exact) mass is 350 g/mol. The normalized spacial score (nSPS) is 19.7. The van der Waals surface area contributed by atoms with Gasteiger partial charge in [-0.1, -0.05) is 18.2 Å². The van der Waals surface area contributed by atoms with Gasteiger partial charge in [0.25, 0.3) is 5.91 Å². The zero-order chi connectivity index (χ0) is 18.1. The number of rotatable bonds is 3. The van der Waals surface area contributed by atoms with Crippen molar-refractivity contribution in [3.05, 3.63) is 60.3 Å². The largest absolute Gasteiger partial charge is 0.391 e. The second kappa shape index (κ2) is 6.61. The maximum Gasteiger partial charge on any atom is 0.254 e. The topological polar surface area (TPSA) is 98.3 Å². The van der Waals surface area contributed by atoms with Gasteiger partial charge in [-0.3, -0.25) is 14.7 Å². The molecule has 1 aliphatic heterocycles. The standard InChI is InChI=1S/C19H18N4O3/c24-15-9-17(23(11-15)19(26)12-4-2-1-3-5-12)18(25)21-14-6-7-16-13(8-14)10-20-22-16/h1-8,10,15,17,24H,9,11H2,(H,20,22)(H,21,25)/t15-,17-/m1/s1. The molecule has 0 saturated carbocycles. The molecular formula is C19H18N4O3. The number of nitrogens with zero attached hydrogens (tertiary/aromatic N) is 2. The summed E-state index contributed by atoms with van der Waals surface area (Å²) in [5.74, 6) is -0.568. The highest BCUT2D eigenvalue weighted by Gasteiger charge is 2.39. The summed E-state index contributed by atoms with van der Waals surface area (Å²) in [4.78, 5) is 26.9. The van der Waals surface area contributed by atoms with Crippen molar-refractivity contribution >= 4 is 28.4 Å². The maximum atomic E-state index is 12.7. The minimum absolute atomic E-state index is 0.145. The van der Waals surface area contributed by atoms with E-state index in [2.05, 4.69) is 15.5 Å². The van der Waals surface area contributed by atoms with Crippen LogP contribution in [-0.2, 0) is 4.79 Å². The fourth-order valence-electron chi connectivity index (χ4n) is 3.28. The Bertz CT molecular complexity index is 954. The number of benzene rings is 2. The van der Waals surface area contributed by atoms with E-state index >= 15 is 0 Å². The summed E-state index contributed by atoms with van der Waals surface area (Å²) in [7, 11) is 0. The van der Waals surface area contributed by atoms with Crippen LogP contribution < -0.4 is 5.32 Å². The smallest absolute Gasteiger partial charge is 0.254 e. The van der Waals surface area contributed by atoms with E-state index in [1.54, 1.807) is 36.5 Å². The molecule has 3 N–H and O–H groups in total. The lowest BCUT2D eigenvalue weighted by atomic mass is 10.1. The van der Waals surface area contributed by atoms with Crippen molar-refractivity contribution in [2.75, 3.05) is 11.9 Å². The molecule has 1 aromatic heterocycles. The van der Waals surface area contributed by atoms with Gasteiger partial charge in [-0.05, 0) is 30.3 Å². The van der Waals surface area contributed by atoms with Crippen molar-refractivity contribution in [3.63, 3.8) is 0 Å². The van der Waals surface area contributed by atoms with Gasteiger partial charge in [0, 0.05) is 29.6 Å². The number of nitrogens with one attached hydrogen (secondary N) is 2. The molecule has 1 saturated heterocycles. The summed E-state index contributed by atoms with van der Waals surface area (Å²) in [6, 6.07) is 13.5. The molecule has 132 valence electrons. The number of fused-ring (bicyclic) bond motifs is 1. The third-order valence-electron chi connectivity index (χ3n) is 4.57. The van der Waals surface area contributed by atoms with Crippen LogP contribution in [0.4, 0.5) is 5.69 Å². The van der Waals surface area contributed by atoms with Gasteiger partial charge in [0.2, 0.25) is 5.91 Å². The van der Waals surface area contributed by atoms with Gasteiger partial charge in [-0.2, -0.15) is 5.10 Å². The van der Waals surface area contributed by atoms with Gasteiger partial charge < -0.3 is 15.3 Å². The van der Waals surface area contributed by atoms with Gasteiger partial charge in [0.05, 0.1) is 17.8 Å². The molecule has 2 atom stereocenters. The van der Waals surface area contributed by atoms with E-state index < -0.39 is 12.1 Å². The molecule has 7 nitrogen and oxygen atoms in total. The predicted molar refractivity (Wildman–Crippen MR) is 96.6 cm³/mol. The van der Waals surface area contributed by atoms with E-state index in [1.807, 2.05) is 18.2 Å². The number of H-pyrrole nitrogens is 1. The second-order valence-corrected chi connectivity index (χ2v) is 6.39. The number of anilines is 1. The minimum atomic E-state index is -0.713. The molecule has 7 heteroatoms. The van der Waals surface area contributed by atoms with Crippen LogP contribution >= 0.6 is 0 Å². The average molecular weight is 350 g/mol. The first-order chi connectivity index (χ1) is 12.6. The van der Waals surface area contributed by atoms with E-state index in [4.69, 9.17) is 0 Å². The number of aromatic nitrogens is 2. The first-order valence-electron chi connectivity index (χ1n) is 8.40. The fourth-order valence-corrected chi connectivity index (χ4v) is 3.28. The molecule has 0 radical (unpaired) electrons. The van der Waals surface area contributed by atoms with Crippen molar-refractivity contribution in [2.45, 2.75) is 18.6 Å². The van der Waals surface area contributed by atoms with Crippen LogP contribution in [0.1, 0.15) is 16.8 Å². The summed E-state index contributed by atoms with van der Waals surface area (Å²) in [5.41, 5.74) is 2.00. The number of carbonyl (C=O) groups excluding carboxylic acids is 2. The molecule has 0 aliphatic carbocycles. The Labute approximate surface area is 149 Å². The molecule has 2 amide bonds. The van der Waals surface area contributed by atoms with Gasteiger partial charge in [-0.15, -0.1) is 0 Å². The zero-order valence-corrected chi connectivity index (χ0v) is 13.9. The van der Waals surface area contributed by atoms with E-state index in [-0.39, 0.29) is 24.8 Å². The molecule has 0 spiro atoms. The number of likely N-dealkylation sites (tertiary alicyclic amines) is 1. The number of aliphatic hydroxyl groups is 1. The van der Waals surface area contributed by atoms with Crippen LogP contribution in [0.3, 0.4) is 0 Å². The second-order valence-electron chi connectivity index (χ2n) is 6.39. The molecule has 0 bridgehead atoms. The van der Waals surface area contributed by atoms with Crippen LogP contribution in [0.5, 0.6) is 0 Å². The fraction of sp³-hybridized carbons (Fsp3) is 0.211. The van der Waals surface area contributed by atoms with Crippen LogP contribution in [-0.4, -0.2) is 50.7 Å². The first-order valence-corrected chi connectivity index (χ1v) is 8.40. The van der Waals surface area contributed by atoms with Gasteiger partial charge in [-0.25, -0.2) is 0 Å². The highest BCUT2D eigenvalue weighted by molar-refractivity contribution is 6.02. The van der Waals surface area contributed by atoms with Crippen molar-refractivity contribution in [1.82, 2.24) is 15.1 Å². The zero-order valence-electron chi connectivity index (χ0n) is 13.9. The van der Waals surface area contributed by atoms with Gasteiger partial charge in [0.1, 0.15) is 6.04 Å². The Morgan fingerprint density at radius 3 is 2.81 bits per heavy atom. The third kappa shape index (κ3) is 3.04. The lowest BCUT2D eigenvalue weighted by molar-refractivity contribution is -0.119. The number of aromatic amines is 1. The number of carbonyl (C=O) groups is 2. The summed E-state index contributed by atoms with van der Waals surface area (Å²) in [6.45, 7) is 0.145. The van der Waals surface area contributed by atoms with Gasteiger partial charge >= 0.3 is 0 Å². The number of amides is 2. The minimum Gasteiger partial charge on any atom is -0.391 e. The SMILES string of the molecule is O=C(Nc1ccc2[nH]ncc2c1)[C@H]1C[C@@H](O)CN1C(=O)c1ccccc1. The average Bonchev–Trinajstić information content (AvgIpc) is 3.27. The van der Waals surface area contributed by atoms with Crippen LogP contribution in [0.15, 0.2) is 54.7 Å². The van der Waals surface area contributed by atoms with Crippen molar-refractivity contribution in [2.24, 2.45) is 0 Å². The predicted octanol–water partition coefficient (Wildman–Crippen LogP) is 1.78. The Balaban J connectivity index is 1.54. The molecule has 4 rings (SSSR count). The Hall–Kier alpha value is -3.19. The number of β-amino-alcohol motifs (C(OH)–C–C–N with tert-alkyl or cyclic N) is 1. The summed E-state index contributed by atoms with van der Waals surface area (Å²) in [5, 5.41) is 20.5. The Morgan fingerprint density at radius 1 is 1.19 bits per heavy atom. The third-order valence-corrected chi connectivity index (χ3v) is 4.57. The van der Waals surface area contributed by atoms with Crippen molar-refractivity contribution in [1.29, 1.82) is 0 Å². The number of hydrogen-bond acceptors (Lipinski definition) is 4. The molecule has 2 aromatic carbocycles. The van der Waals surface area contributed by atoms with E-state index in [9.17, 15) is 14.7 Å². The first kappa shape index (κ1) is 16.3. The summed E-state index contributed by atoms with van der Waals surface area (Å²) >= 11 is 0. The lowest BCUT2D eigenvalue weighted by Crippen LogP contribution is -2.43. The Morgan fingerprint density at radius 2 is 2.00 bits per heavy atom. The van der Waals surface area contributed by atoms with Gasteiger partial charge in [0.15, 0.2) is 0 Å². The molecule has 2 heterocycles. The highest BCUT2D eigenvalue weighted by atomic mass is 16.3. The summed E-state index contributed by atoms with van der Waals surface area (Å²) < 4.78 is 0. The summed E-state index contributed by atoms with van der Waals surface area (Å²) in [6.07, 6.45) is 1.18. The number of aliphatic hydroxyl groups excluding tert-OH is 1. The molecule has 26 heavy (non-hydrogen) atoms. The molecule has 3 aromatic rings. The molecule has 0 unspecified atom stereocenters. The van der Waals surface area contributed by atoms with Crippen molar-refractivity contribution in [3.8, 4) is 0 Å². The van der Waals surface area contributed by atoms with Crippen LogP contribution in [0.25, 0.3) is 10.9 Å². The lowest BCUT2D eigenvalue weighted by Gasteiger charge is -2.23.